The molecule has 1 rings (SSSR count). The second-order valence-electron chi connectivity index (χ2n) is 4.50. The van der Waals surface area contributed by atoms with Gasteiger partial charge in [0.05, 0.1) is 7.11 Å². The SMILES string of the molecule is COC(=O)/C(=C/C(C)C)NC(=O)OCc1ccccc1. The summed E-state index contributed by atoms with van der Waals surface area (Å²) in [7, 11) is 1.26. The van der Waals surface area contributed by atoms with Crippen molar-refractivity contribution >= 4 is 12.1 Å². The lowest BCUT2D eigenvalue weighted by Gasteiger charge is -2.10. The minimum atomic E-state index is -0.689. The van der Waals surface area contributed by atoms with Gasteiger partial charge in [0, 0.05) is 0 Å². The van der Waals surface area contributed by atoms with Crippen molar-refractivity contribution in [3.05, 3.63) is 47.7 Å². The van der Waals surface area contributed by atoms with Crippen LogP contribution in [0.3, 0.4) is 0 Å². The van der Waals surface area contributed by atoms with E-state index in [1.807, 2.05) is 44.2 Å². The number of carbonyl (C=O) groups is 2. The number of benzene rings is 1. The Bertz CT molecular complexity index is 480. The summed E-state index contributed by atoms with van der Waals surface area (Å²) in [5, 5.41) is 2.39. The fraction of sp³-hybridized carbons (Fsp3) is 0.333. The van der Waals surface area contributed by atoms with Crippen LogP contribution < -0.4 is 5.32 Å². The van der Waals surface area contributed by atoms with E-state index in [1.165, 1.54) is 7.11 Å². The molecule has 0 spiro atoms. The van der Waals surface area contributed by atoms with Gasteiger partial charge in [-0.3, -0.25) is 5.32 Å². The Kier molecular flexibility index (Phi) is 6.29. The Hall–Kier alpha value is -2.30. The quantitative estimate of drug-likeness (QED) is 0.663. The zero-order chi connectivity index (χ0) is 15.0. The number of carbonyl (C=O) groups excluding carboxylic acids is 2. The summed E-state index contributed by atoms with van der Waals surface area (Å²) in [5.41, 5.74) is 0.954. The highest BCUT2D eigenvalue weighted by Crippen LogP contribution is 2.04. The molecule has 1 amide bonds. The van der Waals surface area contributed by atoms with E-state index in [-0.39, 0.29) is 18.2 Å². The van der Waals surface area contributed by atoms with Gasteiger partial charge >= 0.3 is 12.1 Å². The van der Waals surface area contributed by atoms with Crippen LogP contribution in [-0.2, 0) is 20.9 Å². The first kappa shape index (κ1) is 15.8. The lowest BCUT2D eigenvalue weighted by molar-refractivity contribution is -0.136. The molecule has 1 aromatic rings. The summed E-state index contributed by atoms with van der Waals surface area (Å²) in [6, 6.07) is 9.28. The Morgan fingerprint density at radius 1 is 1.25 bits per heavy atom. The smallest absolute Gasteiger partial charge is 0.412 e. The maximum atomic E-state index is 11.6. The molecule has 0 saturated carbocycles. The molecule has 5 nitrogen and oxygen atoms in total. The van der Waals surface area contributed by atoms with Gasteiger partial charge in [-0.15, -0.1) is 0 Å². The highest BCUT2D eigenvalue weighted by atomic mass is 16.6. The van der Waals surface area contributed by atoms with E-state index in [0.717, 1.165) is 5.56 Å². The lowest BCUT2D eigenvalue weighted by atomic mass is 10.2. The Morgan fingerprint density at radius 3 is 2.45 bits per heavy atom. The second-order valence-corrected chi connectivity index (χ2v) is 4.50. The first-order valence-electron chi connectivity index (χ1n) is 6.30. The van der Waals surface area contributed by atoms with Crippen LogP contribution in [0, 0.1) is 5.92 Å². The largest absolute Gasteiger partial charge is 0.464 e. The molecule has 0 radical (unpaired) electrons. The Labute approximate surface area is 118 Å². The van der Waals surface area contributed by atoms with Crippen LogP contribution in [0.25, 0.3) is 0 Å². The second kappa shape index (κ2) is 7.99. The lowest BCUT2D eigenvalue weighted by Crippen LogP contribution is -2.29. The molecule has 0 aliphatic heterocycles. The maximum absolute atomic E-state index is 11.6. The molecule has 0 bridgehead atoms. The molecule has 1 aromatic carbocycles. The van der Waals surface area contributed by atoms with Crippen molar-refractivity contribution < 1.29 is 19.1 Å². The van der Waals surface area contributed by atoms with Crippen molar-refractivity contribution in [2.24, 2.45) is 5.92 Å². The normalized spacial score (nSPS) is 11.1. The first-order valence-corrected chi connectivity index (χ1v) is 6.30. The summed E-state index contributed by atoms with van der Waals surface area (Å²) in [4.78, 5) is 23.1. The summed E-state index contributed by atoms with van der Waals surface area (Å²) in [6.07, 6.45) is 0.918. The number of methoxy groups -OCH3 is 1. The number of amides is 1. The molecule has 108 valence electrons. The molecule has 1 N–H and O–H groups in total. The number of hydrogen-bond donors (Lipinski definition) is 1. The fourth-order valence-corrected chi connectivity index (χ4v) is 1.47. The number of esters is 1. The highest BCUT2D eigenvalue weighted by molar-refractivity contribution is 5.92. The van der Waals surface area contributed by atoms with Gasteiger partial charge in [-0.25, -0.2) is 9.59 Å². The predicted octanol–water partition coefficient (Wildman–Crippen LogP) is 2.63. The van der Waals surface area contributed by atoms with E-state index in [1.54, 1.807) is 6.08 Å². The van der Waals surface area contributed by atoms with Gasteiger partial charge in [-0.2, -0.15) is 0 Å². The maximum Gasteiger partial charge on any atom is 0.412 e. The van der Waals surface area contributed by atoms with Crippen molar-refractivity contribution in [2.45, 2.75) is 20.5 Å². The first-order chi connectivity index (χ1) is 9.52. The zero-order valence-corrected chi connectivity index (χ0v) is 11.9. The molecular formula is C15H19NO4. The fourth-order valence-electron chi connectivity index (χ4n) is 1.47. The molecule has 0 atom stereocenters. The topological polar surface area (TPSA) is 64.6 Å². The molecule has 0 aliphatic carbocycles. The zero-order valence-electron chi connectivity index (χ0n) is 11.9. The van der Waals surface area contributed by atoms with Crippen LogP contribution in [0.2, 0.25) is 0 Å². The molecule has 20 heavy (non-hydrogen) atoms. The van der Waals surface area contributed by atoms with Gasteiger partial charge in [-0.1, -0.05) is 50.3 Å². The molecule has 0 saturated heterocycles. The van der Waals surface area contributed by atoms with E-state index in [4.69, 9.17) is 4.74 Å². The van der Waals surface area contributed by atoms with Crippen molar-refractivity contribution in [3.63, 3.8) is 0 Å². The average Bonchev–Trinajstić information content (AvgIpc) is 2.44. The molecule has 0 unspecified atom stereocenters. The number of rotatable bonds is 5. The van der Waals surface area contributed by atoms with E-state index in [2.05, 4.69) is 10.1 Å². The summed E-state index contributed by atoms with van der Waals surface area (Å²) in [6.45, 7) is 3.92. The average molecular weight is 277 g/mol. The molecule has 0 fully saturated rings. The monoisotopic (exact) mass is 277 g/mol. The van der Waals surface area contributed by atoms with Crippen LogP contribution in [0.5, 0.6) is 0 Å². The molecule has 0 heterocycles. The number of ether oxygens (including phenoxy) is 2. The van der Waals surface area contributed by atoms with Crippen LogP contribution in [-0.4, -0.2) is 19.2 Å². The molecule has 5 heteroatoms. The van der Waals surface area contributed by atoms with Gasteiger partial charge in [0.15, 0.2) is 0 Å². The molecular weight excluding hydrogens is 258 g/mol. The van der Waals surface area contributed by atoms with Crippen LogP contribution in [0.4, 0.5) is 4.79 Å². The van der Waals surface area contributed by atoms with Gasteiger partial charge in [0.2, 0.25) is 0 Å². The van der Waals surface area contributed by atoms with E-state index >= 15 is 0 Å². The Morgan fingerprint density at radius 2 is 1.90 bits per heavy atom. The number of nitrogens with one attached hydrogen (secondary N) is 1. The van der Waals surface area contributed by atoms with Crippen molar-refractivity contribution in [2.75, 3.05) is 7.11 Å². The van der Waals surface area contributed by atoms with Gasteiger partial charge in [0.25, 0.3) is 0 Å². The van der Waals surface area contributed by atoms with Crippen LogP contribution in [0.1, 0.15) is 19.4 Å². The van der Waals surface area contributed by atoms with Gasteiger partial charge < -0.3 is 9.47 Å². The third-order valence-electron chi connectivity index (χ3n) is 2.35. The summed E-state index contributed by atoms with van der Waals surface area (Å²) < 4.78 is 9.64. The minimum Gasteiger partial charge on any atom is -0.464 e. The van der Waals surface area contributed by atoms with E-state index in [0.29, 0.717) is 0 Å². The summed E-state index contributed by atoms with van der Waals surface area (Å²) in [5.74, 6) is -0.506. The van der Waals surface area contributed by atoms with Crippen LogP contribution in [0.15, 0.2) is 42.1 Å². The minimum absolute atomic E-state index is 0.0839. The third-order valence-corrected chi connectivity index (χ3v) is 2.35. The van der Waals surface area contributed by atoms with Gasteiger partial charge in [0.1, 0.15) is 12.3 Å². The standard InChI is InChI=1S/C15H19NO4/c1-11(2)9-13(14(17)19-3)16-15(18)20-10-12-7-5-4-6-8-12/h4-9,11H,10H2,1-3H3,(H,16,18)/b13-9-. The van der Waals surface area contributed by atoms with Crippen molar-refractivity contribution in [1.82, 2.24) is 5.32 Å². The van der Waals surface area contributed by atoms with Gasteiger partial charge in [-0.05, 0) is 11.5 Å². The molecule has 0 aliphatic rings. The third kappa shape index (κ3) is 5.56. The van der Waals surface area contributed by atoms with Crippen molar-refractivity contribution in [1.29, 1.82) is 0 Å². The predicted molar refractivity (Wildman–Crippen MR) is 74.7 cm³/mol. The van der Waals surface area contributed by atoms with E-state index < -0.39 is 12.1 Å². The molecule has 0 aromatic heterocycles. The summed E-state index contributed by atoms with van der Waals surface area (Å²) >= 11 is 0. The van der Waals surface area contributed by atoms with E-state index in [9.17, 15) is 9.59 Å². The van der Waals surface area contributed by atoms with Crippen molar-refractivity contribution in [3.8, 4) is 0 Å². The number of allylic oxidation sites excluding steroid dienone is 1. The number of alkyl carbamates (subject to hydrolysis) is 1. The number of hydrogen-bond acceptors (Lipinski definition) is 4. The highest BCUT2D eigenvalue weighted by Gasteiger charge is 2.14. The Balaban J connectivity index is 2.56. The van der Waals surface area contributed by atoms with Crippen LogP contribution >= 0.6 is 0 Å².